The third kappa shape index (κ3) is 3.88. The van der Waals surface area contributed by atoms with Crippen molar-refractivity contribution in [3.05, 3.63) is 67.8 Å². The highest BCUT2D eigenvalue weighted by Gasteiger charge is 2.13. The van der Waals surface area contributed by atoms with E-state index in [1.807, 2.05) is 5.38 Å². The molecule has 0 spiro atoms. The highest BCUT2D eigenvalue weighted by molar-refractivity contribution is 14.1. The van der Waals surface area contributed by atoms with Crippen LogP contribution in [0.25, 0.3) is 11.3 Å². The molecule has 2 aromatic carbocycles. The van der Waals surface area contributed by atoms with Crippen LogP contribution < -0.4 is 5.32 Å². The lowest BCUT2D eigenvalue weighted by molar-refractivity contribution is 0.102. The monoisotopic (exact) mass is 458 g/mol. The maximum atomic E-state index is 13.0. The lowest BCUT2D eigenvalue weighted by atomic mass is 10.2. The van der Waals surface area contributed by atoms with E-state index in [4.69, 9.17) is 11.6 Å². The summed E-state index contributed by atoms with van der Waals surface area (Å²) in [5.41, 5.74) is 1.98. The van der Waals surface area contributed by atoms with Gasteiger partial charge in [0.05, 0.1) is 11.3 Å². The summed E-state index contributed by atoms with van der Waals surface area (Å²) in [7, 11) is 0. The van der Waals surface area contributed by atoms with Crippen molar-refractivity contribution in [3.8, 4) is 11.3 Å². The molecule has 116 valence electrons. The second-order valence-electron chi connectivity index (χ2n) is 4.62. The van der Waals surface area contributed by atoms with Crippen molar-refractivity contribution in [2.75, 3.05) is 5.32 Å². The van der Waals surface area contributed by atoms with E-state index in [1.165, 1.54) is 23.5 Å². The molecule has 1 heterocycles. The van der Waals surface area contributed by atoms with Gasteiger partial charge in [-0.1, -0.05) is 11.6 Å². The molecule has 7 heteroatoms. The van der Waals surface area contributed by atoms with Crippen molar-refractivity contribution < 1.29 is 9.18 Å². The number of carbonyl (C=O) groups is 1. The molecule has 0 bridgehead atoms. The smallest absolute Gasteiger partial charge is 0.258 e. The van der Waals surface area contributed by atoms with Gasteiger partial charge in [0, 0.05) is 19.5 Å². The molecule has 0 fully saturated rings. The first kappa shape index (κ1) is 16.4. The maximum Gasteiger partial charge on any atom is 0.258 e. The molecule has 3 aromatic rings. The Kier molecular flexibility index (Phi) is 4.93. The predicted molar refractivity (Wildman–Crippen MR) is 99.6 cm³/mol. The van der Waals surface area contributed by atoms with Gasteiger partial charge in [-0.2, -0.15) is 0 Å². The first-order valence-corrected chi connectivity index (χ1v) is 8.84. The van der Waals surface area contributed by atoms with Gasteiger partial charge in [0.15, 0.2) is 5.13 Å². The van der Waals surface area contributed by atoms with Crippen LogP contribution in [-0.4, -0.2) is 10.9 Å². The Morgan fingerprint density at radius 3 is 2.70 bits per heavy atom. The normalized spacial score (nSPS) is 10.6. The zero-order valence-electron chi connectivity index (χ0n) is 11.5. The topological polar surface area (TPSA) is 42.0 Å². The van der Waals surface area contributed by atoms with Crippen molar-refractivity contribution in [1.29, 1.82) is 0 Å². The molecule has 0 saturated carbocycles. The quantitative estimate of drug-likeness (QED) is 0.530. The number of nitrogens with zero attached hydrogens (tertiary/aromatic N) is 1. The summed E-state index contributed by atoms with van der Waals surface area (Å²) in [6, 6.07) is 11.2. The van der Waals surface area contributed by atoms with Crippen molar-refractivity contribution in [2.24, 2.45) is 0 Å². The van der Waals surface area contributed by atoms with Gasteiger partial charge in [0.1, 0.15) is 5.82 Å². The molecule has 0 aliphatic carbocycles. The number of amides is 1. The lowest BCUT2D eigenvalue weighted by Crippen LogP contribution is -2.13. The Morgan fingerprint density at radius 2 is 1.96 bits per heavy atom. The van der Waals surface area contributed by atoms with Gasteiger partial charge in [-0.05, 0) is 65.1 Å². The molecule has 0 aliphatic rings. The van der Waals surface area contributed by atoms with E-state index >= 15 is 0 Å². The minimum Gasteiger partial charge on any atom is -0.298 e. The summed E-state index contributed by atoms with van der Waals surface area (Å²) < 4.78 is 13.8. The van der Waals surface area contributed by atoms with Crippen molar-refractivity contribution in [2.45, 2.75) is 0 Å². The Labute approximate surface area is 154 Å². The third-order valence-corrected chi connectivity index (χ3v) is 4.97. The van der Waals surface area contributed by atoms with E-state index in [-0.39, 0.29) is 11.7 Å². The number of thiazole rings is 1. The average Bonchev–Trinajstić information content (AvgIpc) is 2.99. The molecular weight excluding hydrogens is 450 g/mol. The van der Waals surface area contributed by atoms with E-state index in [1.54, 1.807) is 30.3 Å². The Morgan fingerprint density at radius 1 is 1.22 bits per heavy atom. The fourth-order valence-corrected chi connectivity index (χ4v) is 3.39. The Balaban J connectivity index is 1.80. The number of hydrogen-bond donors (Lipinski definition) is 1. The molecule has 1 aromatic heterocycles. The van der Waals surface area contributed by atoms with Crippen LogP contribution in [0.2, 0.25) is 5.02 Å². The SMILES string of the molecule is O=C(Nc1nc(-c2ccc(F)cc2)cs1)c1cc(Cl)ccc1I. The highest BCUT2D eigenvalue weighted by atomic mass is 127. The molecule has 0 aliphatic heterocycles. The van der Waals surface area contributed by atoms with Gasteiger partial charge in [0.25, 0.3) is 5.91 Å². The molecule has 3 rings (SSSR count). The summed E-state index contributed by atoms with van der Waals surface area (Å²) in [6.07, 6.45) is 0. The minimum atomic E-state index is -0.298. The van der Waals surface area contributed by atoms with Crippen molar-refractivity contribution >= 4 is 56.6 Å². The number of aromatic nitrogens is 1. The molecule has 0 unspecified atom stereocenters. The minimum absolute atomic E-state index is 0.267. The van der Waals surface area contributed by atoms with Crippen LogP contribution in [0.15, 0.2) is 47.8 Å². The number of halogens is 3. The van der Waals surface area contributed by atoms with Gasteiger partial charge in [-0.3, -0.25) is 10.1 Å². The zero-order valence-corrected chi connectivity index (χ0v) is 15.2. The average molecular weight is 459 g/mol. The number of benzene rings is 2. The zero-order chi connectivity index (χ0) is 16.4. The van der Waals surface area contributed by atoms with Gasteiger partial charge in [0.2, 0.25) is 0 Å². The highest BCUT2D eigenvalue weighted by Crippen LogP contribution is 2.26. The van der Waals surface area contributed by atoms with Crippen LogP contribution in [-0.2, 0) is 0 Å². The number of rotatable bonds is 3. The molecule has 1 N–H and O–H groups in total. The van der Waals surface area contributed by atoms with Crippen molar-refractivity contribution in [1.82, 2.24) is 4.98 Å². The number of carbonyl (C=O) groups excluding carboxylic acids is 1. The van der Waals surface area contributed by atoms with Crippen LogP contribution in [0.5, 0.6) is 0 Å². The number of nitrogens with one attached hydrogen (secondary N) is 1. The van der Waals surface area contributed by atoms with Crippen LogP contribution >= 0.6 is 45.5 Å². The van der Waals surface area contributed by atoms with E-state index in [0.717, 1.165) is 9.13 Å². The molecule has 0 atom stereocenters. The molecule has 0 radical (unpaired) electrons. The van der Waals surface area contributed by atoms with Crippen LogP contribution in [0.4, 0.5) is 9.52 Å². The molecular formula is C16H9ClFIN2OS. The van der Waals surface area contributed by atoms with E-state index in [9.17, 15) is 9.18 Å². The third-order valence-electron chi connectivity index (χ3n) is 3.04. The van der Waals surface area contributed by atoms with Gasteiger partial charge in [-0.25, -0.2) is 9.37 Å². The van der Waals surface area contributed by atoms with Crippen molar-refractivity contribution in [3.63, 3.8) is 0 Å². The fourth-order valence-electron chi connectivity index (χ4n) is 1.92. The van der Waals surface area contributed by atoms with Crippen LogP contribution in [0.3, 0.4) is 0 Å². The van der Waals surface area contributed by atoms with Gasteiger partial charge < -0.3 is 0 Å². The Hall–Kier alpha value is -1.51. The van der Waals surface area contributed by atoms with E-state index in [2.05, 4.69) is 32.9 Å². The molecule has 0 saturated heterocycles. The van der Waals surface area contributed by atoms with Gasteiger partial charge >= 0.3 is 0 Å². The lowest BCUT2D eigenvalue weighted by Gasteiger charge is -2.04. The summed E-state index contributed by atoms with van der Waals surface area (Å²) >= 11 is 9.32. The summed E-state index contributed by atoms with van der Waals surface area (Å²) in [4.78, 5) is 16.7. The molecule has 3 nitrogen and oxygen atoms in total. The second-order valence-corrected chi connectivity index (χ2v) is 7.08. The largest absolute Gasteiger partial charge is 0.298 e. The summed E-state index contributed by atoms with van der Waals surface area (Å²) in [5, 5.41) is 5.55. The number of hydrogen-bond acceptors (Lipinski definition) is 3. The first-order chi connectivity index (χ1) is 11.0. The van der Waals surface area contributed by atoms with E-state index in [0.29, 0.717) is 21.4 Å². The fraction of sp³-hybridized carbons (Fsp3) is 0. The van der Waals surface area contributed by atoms with Crippen LogP contribution in [0, 0.1) is 9.39 Å². The summed E-state index contributed by atoms with van der Waals surface area (Å²) in [6.45, 7) is 0. The second kappa shape index (κ2) is 6.94. The first-order valence-electron chi connectivity index (χ1n) is 6.51. The molecule has 1 amide bonds. The van der Waals surface area contributed by atoms with Crippen LogP contribution in [0.1, 0.15) is 10.4 Å². The maximum absolute atomic E-state index is 13.0. The standard InChI is InChI=1S/C16H9ClFIN2OS/c17-10-3-6-13(19)12(7-10)15(22)21-16-20-14(8-23-16)9-1-4-11(18)5-2-9/h1-8H,(H,20,21,22). The van der Waals surface area contributed by atoms with E-state index < -0.39 is 0 Å². The summed E-state index contributed by atoms with van der Waals surface area (Å²) in [5.74, 6) is -0.565. The predicted octanol–water partition coefficient (Wildman–Crippen LogP) is 5.46. The van der Waals surface area contributed by atoms with Gasteiger partial charge in [-0.15, -0.1) is 11.3 Å². The Bertz CT molecular complexity index is 867. The molecule has 23 heavy (non-hydrogen) atoms. The number of anilines is 1.